The third-order valence-corrected chi connectivity index (χ3v) is 1.68. The minimum Gasteiger partial charge on any atom is -0.569 e. The Morgan fingerprint density at radius 1 is 1.15 bits per heavy atom. The van der Waals surface area contributed by atoms with Crippen molar-refractivity contribution in [2.75, 3.05) is 0 Å². The normalized spacial score (nSPS) is 10.6. The van der Waals surface area contributed by atoms with E-state index in [0.717, 1.165) is 5.06 Å². The van der Waals surface area contributed by atoms with Crippen LogP contribution in [0.1, 0.15) is 0 Å². The Morgan fingerprint density at radius 2 is 1.92 bits per heavy atom. The summed E-state index contributed by atoms with van der Waals surface area (Å²) in [4.78, 5) is 0. The van der Waals surface area contributed by atoms with E-state index in [-0.39, 0.29) is 0 Å². The van der Waals surface area contributed by atoms with Crippen molar-refractivity contribution in [3.8, 4) is 0 Å². The number of aromatic amines is 1. The summed E-state index contributed by atoms with van der Waals surface area (Å²) < 4.78 is 0. The molecule has 0 aliphatic carbocycles. The van der Waals surface area contributed by atoms with Gasteiger partial charge in [-0.3, -0.25) is 5.10 Å². The second-order valence-corrected chi connectivity index (χ2v) is 2.56. The van der Waals surface area contributed by atoms with Crippen molar-refractivity contribution in [3.05, 3.63) is 47.8 Å². The zero-order chi connectivity index (χ0) is 9.10. The first kappa shape index (κ1) is 7.97. The van der Waals surface area contributed by atoms with Gasteiger partial charge in [0.05, 0.1) is 0 Å². The number of para-hydroxylation sites is 1. The van der Waals surface area contributed by atoms with Crippen LogP contribution in [0, 0.1) is 5.21 Å². The molecule has 0 bridgehead atoms. The zero-order valence-corrected chi connectivity index (χ0v) is 6.84. The van der Waals surface area contributed by atoms with Gasteiger partial charge >= 0.3 is 5.82 Å². The van der Waals surface area contributed by atoms with Gasteiger partial charge in [-0.05, 0) is 0 Å². The van der Waals surface area contributed by atoms with Crippen molar-refractivity contribution in [2.24, 2.45) is 0 Å². The van der Waals surface area contributed by atoms with Gasteiger partial charge in [-0.1, -0.05) is 18.2 Å². The largest absolute Gasteiger partial charge is 0.569 e. The standard InChI is InChI=1S/C9H8N3O/c13-12(9-6-7-10-11-9)8-4-2-1-3-5-8/h1-7H,(H,10,11). The molecule has 1 aromatic heterocycles. The lowest BCUT2D eigenvalue weighted by Crippen LogP contribution is -2.08. The lowest BCUT2D eigenvalue weighted by atomic mass is 10.3. The number of rotatable bonds is 2. The molecule has 0 atom stereocenters. The Bertz CT molecular complexity index is 358. The molecule has 0 amide bonds. The van der Waals surface area contributed by atoms with Crippen molar-refractivity contribution >= 4 is 11.5 Å². The average molecular weight is 174 g/mol. The van der Waals surface area contributed by atoms with E-state index in [9.17, 15) is 5.21 Å². The highest BCUT2D eigenvalue weighted by atomic mass is 16.5. The van der Waals surface area contributed by atoms with E-state index in [1.54, 1.807) is 24.4 Å². The molecule has 0 saturated heterocycles. The number of anilines is 2. The fourth-order valence-corrected chi connectivity index (χ4v) is 1.06. The van der Waals surface area contributed by atoms with Crippen LogP contribution in [0.15, 0.2) is 42.6 Å². The van der Waals surface area contributed by atoms with Crippen molar-refractivity contribution in [1.29, 1.82) is 0 Å². The molecular formula is C9H8N3O. The smallest absolute Gasteiger partial charge is 0.301 e. The van der Waals surface area contributed by atoms with Crippen molar-refractivity contribution < 1.29 is 0 Å². The lowest BCUT2D eigenvalue weighted by molar-refractivity contribution is 0.869. The Hall–Kier alpha value is -1.65. The number of aromatic nitrogens is 2. The molecule has 0 unspecified atom stereocenters. The van der Waals surface area contributed by atoms with Crippen molar-refractivity contribution in [1.82, 2.24) is 15.3 Å². The molecule has 13 heavy (non-hydrogen) atoms. The monoisotopic (exact) mass is 174 g/mol. The van der Waals surface area contributed by atoms with E-state index >= 15 is 0 Å². The predicted molar refractivity (Wildman–Crippen MR) is 49.9 cm³/mol. The molecule has 0 saturated carbocycles. The Morgan fingerprint density at radius 3 is 2.54 bits per heavy atom. The maximum absolute atomic E-state index is 11.5. The summed E-state index contributed by atoms with van der Waals surface area (Å²) in [5.74, 6) is 0.367. The maximum atomic E-state index is 11.5. The van der Waals surface area contributed by atoms with E-state index in [1.807, 2.05) is 18.2 Å². The zero-order valence-electron chi connectivity index (χ0n) is 6.84. The second kappa shape index (κ2) is 3.38. The van der Waals surface area contributed by atoms with Crippen LogP contribution in [0.3, 0.4) is 0 Å². The molecule has 1 radical (unpaired) electrons. The fourth-order valence-electron chi connectivity index (χ4n) is 1.06. The molecule has 4 nitrogen and oxygen atoms in total. The number of benzene rings is 1. The summed E-state index contributed by atoms with van der Waals surface area (Å²) in [6.45, 7) is 0. The number of nitrogens with one attached hydrogen (secondary N) is 1. The van der Waals surface area contributed by atoms with Gasteiger partial charge in [0.25, 0.3) is 0 Å². The van der Waals surface area contributed by atoms with Crippen molar-refractivity contribution in [2.45, 2.75) is 0 Å². The summed E-state index contributed by atoms with van der Waals surface area (Å²) in [5, 5.41) is 18.7. The van der Waals surface area contributed by atoms with Gasteiger partial charge in [-0.2, -0.15) is 0 Å². The highest BCUT2D eigenvalue weighted by Gasteiger charge is 2.13. The molecule has 4 heteroatoms. The van der Waals surface area contributed by atoms with Gasteiger partial charge in [0.15, 0.2) is 5.69 Å². The van der Waals surface area contributed by atoms with E-state index in [0.29, 0.717) is 11.5 Å². The second-order valence-electron chi connectivity index (χ2n) is 2.56. The predicted octanol–water partition coefficient (Wildman–Crippen LogP) is 2.01. The van der Waals surface area contributed by atoms with Crippen LogP contribution >= 0.6 is 0 Å². The van der Waals surface area contributed by atoms with Gasteiger partial charge in [0.2, 0.25) is 0 Å². The van der Waals surface area contributed by atoms with Gasteiger partial charge in [-0.25, -0.2) is 0 Å². The molecule has 1 heterocycles. The SMILES string of the molecule is [O-][N+](c1ccccc1)c1cc[nH]n1. The third-order valence-electron chi connectivity index (χ3n) is 1.68. The molecule has 65 valence electrons. The van der Waals surface area contributed by atoms with Gasteiger partial charge in [0, 0.05) is 24.4 Å². The Labute approximate surface area is 75.4 Å². The van der Waals surface area contributed by atoms with Crippen LogP contribution < -0.4 is 5.06 Å². The van der Waals surface area contributed by atoms with Gasteiger partial charge < -0.3 is 5.21 Å². The number of nitrogens with zero attached hydrogens (tertiary/aromatic N) is 2. The first-order valence-corrected chi connectivity index (χ1v) is 3.90. The van der Waals surface area contributed by atoms with E-state index in [4.69, 9.17) is 0 Å². The van der Waals surface area contributed by atoms with E-state index in [2.05, 4.69) is 10.2 Å². The molecule has 2 aromatic rings. The molecule has 0 aliphatic heterocycles. The summed E-state index contributed by atoms with van der Waals surface area (Å²) in [7, 11) is 0. The number of hydrogen-bond donors (Lipinski definition) is 1. The average Bonchev–Trinajstić information content (AvgIpc) is 2.71. The van der Waals surface area contributed by atoms with Crippen LogP contribution in [0.5, 0.6) is 0 Å². The molecule has 1 aromatic carbocycles. The Balaban J connectivity index is 2.29. The van der Waals surface area contributed by atoms with Crippen LogP contribution in [-0.2, 0) is 0 Å². The van der Waals surface area contributed by atoms with E-state index < -0.39 is 0 Å². The van der Waals surface area contributed by atoms with E-state index in [1.165, 1.54) is 0 Å². The molecule has 0 fully saturated rings. The number of H-pyrrole nitrogens is 1. The van der Waals surface area contributed by atoms with Crippen LogP contribution in [0.4, 0.5) is 11.5 Å². The molecule has 0 spiro atoms. The minimum atomic E-state index is 0.367. The summed E-state index contributed by atoms with van der Waals surface area (Å²) in [6.07, 6.45) is 1.61. The summed E-state index contributed by atoms with van der Waals surface area (Å²) in [5.41, 5.74) is 0.578. The van der Waals surface area contributed by atoms with Crippen LogP contribution in [0.2, 0.25) is 0 Å². The van der Waals surface area contributed by atoms with Crippen molar-refractivity contribution in [3.63, 3.8) is 0 Å². The number of hydrogen-bond acceptors (Lipinski definition) is 3. The van der Waals surface area contributed by atoms with Crippen LogP contribution in [0.25, 0.3) is 0 Å². The lowest BCUT2D eigenvalue weighted by Gasteiger charge is -2.08. The first-order valence-electron chi connectivity index (χ1n) is 3.90. The minimum absolute atomic E-state index is 0.367. The summed E-state index contributed by atoms with van der Waals surface area (Å²) in [6, 6.07) is 10.6. The highest BCUT2D eigenvalue weighted by molar-refractivity contribution is 5.48. The van der Waals surface area contributed by atoms with Gasteiger partial charge in [0.1, 0.15) is 0 Å². The first-order chi connectivity index (χ1) is 6.38. The topological polar surface area (TPSA) is 57.6 Å². The summed E-state index contributed by atoms with van der Waals surface area (Å²) >= 11 is 0. The molecule has 1 N–H and O–H groups in total. The van der Waals surface area contributed by atoms with Crippen LogP contribution in [-0.4, -0.2) is 10.2 Å². The van der Waals surface area contributed by atoms with Gasteiger partial charge in [-0.15, -0.1) is 10.2 Å². The molecule has 0 aliphatic rings. The molecular weight excluding hydrogens is 166 g/mol. The fraction of sp³-hybridized carbons (Fsp3) is 0. The third kappa shape index (κ3) is 1.58. The Kier molecular flexibility index (Phi) is 2.08. The molecule has 2 rings (SSSR count). The maximum Gasteiger partial charge on any atom is 0.301 e. The highest BCUT2D eigenvalue weighted by Crippen LogP contribution is 2.19. The quantitative estimate of drug-likeness (QED) is 0.559.